The van der Waals surface area contributed by atoms with Gasteiger partial charge in [0.2, 0.25) is 0 Å². The molecule has 0 atom stereocenters. The summed E-state index contributed by atoms with van der Waals surface area (Å²) in [5.41, 5.74) is 0.204. The summed E-state index contributed by atoms with van der Waals surface area (Å²) in [6, 6.07) is 0. The van der Waals surface area contributed by atoms with Gasteiger partial charge in [0.05, 0.1) is 0 Å². The Balaban J connectivity index is 1.89. The molecule has 3 heteroatoms. The van der Waals surface area contributed by atoms with E-state index in [1.807, 2.05) is 0 Å². The van der Waals surface area contributed by atoms with Crippen LogP contribution in [0.2, 0.25) is 0 Å². The highest BCUT2D eigenvalue weighted by molar-refractivity contribution is 4.87. The Hall–Kier alpha value is -0.120. The Kier molecular flexibility index (Phi) is 5.05. The molecular weight excluding hydrogens is 224 g/mol. The number of likely N-dealkylation sites (N-methyl/N-ethyl adjacent to an activating group) is 1. The summed E-state index contributed by atoms with van der Waals surface area (Å²) >= 11 is 0. The fourth-order valence-electron chi connectivity index (χ4n) is 3.47. The third kappa shape index (κ3) is 3.69. The summed E-state index contributed by atoms with van der Waals surface area (Å²) in [5, 5.41) is 9.84. The van der Waals surface area contributed by atoms with Crippen molar-refractivity contribution in [3.63, 3.8) is 0 Å². The minimum Gasteiger partial charge on any atom is -0.396 e. The van der Waals surface area contributed by atoms with Crippen molar-refractivity contribution in [3.05, 3.63) is 0 Å². The van der Waals surface area contributed by atoms with Gasteiger partial charge >= 0.3 is 0 Å². The summed E-state index contributed by atoms with van der Waals surface area (Å²) < 4.78 is 0. The van der Waals surface area contributed by atoms with Crippen molar-refractivity contribution in [2.45, 2.75) is 39.0 Å². The lowest BCUT2D eigenvalue weighted by atomic mass is 9.71. The Bertz CT molecular complexity index is 249. The number of nitrogens with zero attached hydrogens (tertiary/aromatic N) is 2. The van der Waals surface area contributed by atoms with E-state index in [-0.39, 0.29) is 5.41 Å². The molecule has 1 N–H and O–H groups in total. The van der Waals surface area contributed by atoms with Crippen LogP contribution >= 0.6 is 0 Å². The van der Waals surface area contributed by atoms with Crippen molar-refractivity contribution in [1.82, 2.24) is 9.80 Å². The van der Waals surface area contributed by atoms with Gasteiger partial charge in [0, 0.05) is 31.7 Å². The zero-order chi connectivity index (χ0) is 13.0. The molecule has 3 nitrogen and oxygen atoms in total. The van der Waals surface area contributed by atoms with Crippen molar-refractivity contribution >= 4 is 0 Å². The standard InChI is InChI=1S/C15H30N2O/c1-14-4-6-15(13-18,7-5-14)12-17-9-3-8-16(2)10-11-17/h14,18H,3-13H2,1-2H3. The summed E-state index contributed by atoms with van der Waals surface area (Å²) in [6.07, 6.45) is 6.31. The highest BCUT2D eigenvalue weighted by Crippen LogP contribution is 2.39. The molecule has 0 amide bonds. The van der Waals surface area contributed by atoms with E-state index in [2.05, 4.69) is 23.8 Å². The summed E-state index contributed by atoms with van der Waals surface area (Å²) in [7, 11) is 2.22. The Morgan fingerprint density at radius 1 is 1.11 bits per heavy atom. The molecule has 1 saturated heterocycles. The van der Waals surface area contributed by atoms with Gasteiger partial charge in [-0.3, -0.25) is 0 Å². The lowest BCUT2D eigenvalue weighted by Gasteiger charge is -2.41. The number of rotatable bonds is 3. The van der Waals surface area contributed by atoms with Crippen LogP contribution in [0.3, 0.4) is 0 Å². The van der Waals surface area contributed by atoms with E-state index in [0.29, 0.717) is 6.61 Å². The molecule has 2 fully saturated rings. The quantitative estimate of drug-likeness (QED) is 0.832. The lowest BCUT2D eigenvalue weighted by molar-refractivity contribution is 0.0305. The zero-order valence-corrected chi connectivity index (χ0v) is 12.2. The van der Waals surface area contributed by atoms with Gasteiger partial charge in [-0.05, 0) is 45.3 Å². The minimum absolute atomic E-state index is 0.204. The average Bonchev–Trinajstić information content (AvgIpc) is 2.58. The zero-order valence-electron chi connectivity index (χ0n) is 12.2. The average molecular weight is 254 g/mol. The van der Waals surface area contributed by atoms with Crippen LogP contribution in [-0.4, -0.2) is 61.3 Å². The van der Waals surface area contributed by atoms with Crippen LogP contribution in [0.15, 0.2) is 0 Å². The van der Waals surface area contributed by atoms with Crippen molar-refractivity contribution < 1.29 is 5.11 Å². The van der Waals surface area contributed by atoms with Crippen LogP contribution in [0.4, 0.5) is 0 Å². The van der Waals surface area contributed by atoms with E-state index in [9.17, 15) is 5.11 Å². The maximum absolute atomic E-state index is 9.84. The first-order chi connectivity index (χ1) is 8.63. The van der Waals surface area contributed by atoms with Gasteiger partial charge < -0.3 is 14.9 Å². The molecule has 0 radical (unpaired) electrons. The molecule has 2 rings (SSSR count). The van der Waals surface area contributed by atoms with E-state index in [1.165, 1.54) is 58.3 Å². The van der Waals surface area contributed by atoms with E-state index in [4.69, 9.17) is 0 Å². The molecule has 2 aliphatic rings. The van der Waals surface area contributed by atoms with Crippen LogP contribution in [0.5, 0.6) is 0 Å². The number of aliphatic hydroxyl groups excluding tert-OH is 1. The highest BCUT2D eigenvalue weighted by Gasteiger charge is 2.35. The molecule has 18 heavy (non-hydrogen) atoms. The second-order valence-corrected chi connectivity index (χ2v) is 6.77. The second kappa shape index (κ2) is 6.36. The fraction of sp³-hybridized carbons (Fsp3) is 1.00. The number of hydrogen-bond acceptors (Lipinski definition) is 3. The molecule has 0 aromatic heterocycles. The first-order valence-corrected chi connectivity index (χ1v) is 7.65. The van der Waals surface area contributed by atoms with E-state index >= 15 is 0 Å². The van der Waals surface area contributed by atoms with Gasteiger partial charge in [0.1, 0.15) is 0 Å². The third-order valence-electron chi connectivity index (χ3n) is 5.04. The SMILES string of the molecule is CC1CCC(CO)(CN2CCCN(C)CC2)CC1. The largest absolute Gasteiger partial charge is 0.396 e. The maximum atomic E-state index is 9.84. The third-order valence-corrected chi connectivity index (χ3v) is 5.04. The normalized spacial score (nSPS) is 36.5. The van der Waals surface area contributed by atoms with Crippen molar-refractivity contribution in [1.29, 1.82) is 0 Å². The first kappa shape index (κ1) is 14.3. The van der Waals surface area contributed by atoms with Crippen LogP contribution in [0, 0.1) is 11.3 Å². The van der Waals surface area contributed by atoms with Crippen LogP contribution in [0.1, 0.15) is 39.0 Å². The molecule has 0 bridgehead atoms. The molecule has 0 spiro atoms. The molecule has 0 aromatic carbocycles. The van der Waals surface area contributed by atoms with E-state index in [1.54, 1.807) is 0 Å². The maximum Gasteiger partial charge on any atom is 0.0499 e. The van der Waals surface area contributed by atoms with Gasteiger partial charge in [-0.25, -0.2) is 0 Å². The Morgan fingerprint density at radius 2 is 1.83 bits per heavy atom. The lowest BCUT2D eigenvalue weighted by Crippen LogP contribution is -2.43. The molecule has 1 saturated carbocycles. The predicted molar refractivity (Wildman–Crippen MR) is 75.7 cm³/mol. The van der Waals surface area contributed by atoms with Crippen LogP contribution in [0.25, 0.3) is 0 Å². The summed E-state index contributed by atoms with van der Waals surface area (Å²) in [4.78, 5) is 5.02. The fourth-order valence-corrected chi connectivity index (χ4v) is 3.47. The molecule has 1 heterocycles. The molecule has 0 aromatic rings. The van der Waals surface area contributed by atoms with Crippen molar-refractivity contribution in [3.8, 4) is 0 Å². The topological polar surface area (TPSA) is 26.7 Å². The van der Waals surface area contributed by atoms with Gasteiger partial charge in [0.15, 0.2) is 0 Å². The second-order valence-electron chi connectivity index (χ2n) is 6.77. The first-order valence-electron chi connectivity index (χ1n) is 7.65. The Morgan fingerprint density at radius 3 is 2.50 bits per heavy atom. The molecule has 1 aliphatic heterocycles. The minimum atomic E-state index is 0.204. The van der Waals surface area contributed by atoms with Gasteiger partial charge in [0.25, 0.3) is 0 Å². The van der Waals surface area contributed by atoms with Crippen molar-refractivity contribution in [2.24, 2.45) is 11.3 Å². The predicted octanol–water partition coefficient (Wildman–Crippen LogP) is 1.81. The summed E-state index contributed by atoms with van der Waals surface area (Å²) in [5.74, 6) is 0.861. The van der Waals surface area contributed by atoms with E-state index < -0.39 is 0 Å². The van der Waals surface area contributed by atoms with Gasteiger partial charge in [-0.15, -0.1) is 0 Å². The summed E-state index contributed by atoms with van der Waals surface area (Å²) in [6.45, 7) is 8.63. The van der Waals surface area contributed by atoms with E-state index in [0.717, 1.165) is 12.5 Å². The monoisotopic (exact) mass is 254 g/mol. The number of hydrogen-bond donors (Lipinski definition) is 1. The molecule has 0 unspecified atom stereocenters. The number of aliphatic hydroxyl groups is 1. The molecule has 1 aliphatic carbocycles. The van der Waals surface area contributed by atoms with Crippen molar-refractivity contribution in [2.75, 3.05) is 46.4 Å². The van der Waals surface area contributed by atoms with Crippen LogP contribution < -0.4 is 0 Å². The molecule has 106 valence electrons. The Labute approximate surface area is 112 Å². The van der Waals surface area contributed by atoms with Crippen LogP contribution in [-0.2, 0) is 0 Å². The highest BCUT2D eigenvalue weighted by atomic mass is 16.3. The van der Waals surface area contributed by atoms with Gasteiger partial charge in [-0.1, -0.05) is 19.8 Å². The smallest absolute Gasteiger partial charge is 0.0499 e. The van der Waals surface area contributed by atoms with Gasteiger partial charge in [-0.2, -0.15) is 0 Å². The molecular formula is C15H30N2O.